The molecule has 0 aliphatic carbocycles. The highest BCUT2D eigenvalue weighted by Crippen LogP contribution is 2.22. The summed E-state index contributed by atoms with van der Waals surface area (Å²) in [6, 6.07) is 3.65. The molecule has 0 aliphatic rings. The zero-order valence-electron chi connectivity index (χ0n) is 8.61. The minimum Gasteiger partial charge on any atom is -0.324 e. The van der Waals surface area contributed by atoms with Crippen LogP contribution in [0.5, 0.6) is 0 Å². The number of hydrogen-bond donors (Lipinski definition) is 1. The number of aromatic nitrogens is 1. The number of pyridine rings is 1. The predicted octanol–water partition coefficient (Wildman–Crippen LogP) is 3.74. The topological polar surface area (TPSA) is 42.0 Å². The second-order valence-corrected chi connectivity index (χ2v) is 5.35. The van der Waals surface area contributed by atoms with Crippen molar-refractivity contribution in [2.75, 3.05) is 5.32 Å². The lowest BCUT2D eigenvalue weighted by molar-refractivity contribution is -0.115. The Balaban J connectivity index is 2.00. The molecule has 2 aromatic heterocycles. The smallest absolute Gasteiger partial charge is 0.228 e. The largest absolute Gasteiger partial charge is 0.324 e. The number of anilines is 1. The summed E-state index contributed by atoms with van der Waals surface area (Å²) in [4.78, 5) is 15.6. The Morgan fingerprint density at radius 2 is 2.41 bits per heavy atom. The van der Waals surface area contributed by atoms with Gasteiger partial charge in [0.2, 0.25) is 5.91 Å². The van der Waals surface area contributed by atoms with Crippen LogP contribution in [0.3, 0.4) is 0 Å². The second kappa shape index (κ2) is 5.62. The third-order valence-electron chi connectivity index (χ3n) is 2.02. The van der Waals surface area contributed by atoms with Gasteiger partial charge in [0.05, 0.1) is 22.8 Å². The highest BCUT2D eigenvalue weighted by molar-refractivity contribution is 9.10. The first-order valence-electron chi connectivity index (χ1n) is 4.77. The van der Waals surface area contributed by atoms with E-state index in [2.05, 4.69) is 26.2 Å². The van der Waals surface area contributed by atoms with Crippen LogP contribution in [0, 0.1) is 0 Å². The molecule has 0 spiro atoms. The maximum absolute atomic E-state index is 11.7. The van der Waals surface area contributed by atoms with Crippen LogP contribution in [0.25, 0.3) is 0 Å². The molecule has 6 heteroatoms. The average Bonchev–Trinajstić information content (AvgIpc) is 2.76. The first-order chi connectivity index (χ1) is 8.15. The van der Waals surface area contributed by atoms with Gasteiger partial charge in [0.1, 0.15) is 5.15 Å². The summed E-state index contributed by atoms with van der Waals surface area (Å²) in [6.07, 6.45) is 1.89. The number of halogens is 2. The molecule has 0 aromatic carbocycles. The molecule has 17 heavy (non-hydrogen) atoms. The summed E-state index contributed by atoms with van der Waals surface area (Å²) in [7, 11) is 0. The number of thiophene rings is 1. The number of amides is 1. The molecule has 1 N–H and O–H groups in total. The number of carbonyl (C=O) groups excluding carboxylic acids is 1. The summed E-state index contributed by atoms with van der Waals surface area (Å²) in [6.45, 7) is 0. The van der Waals surface area contributed by atoms with Crippen LogP contribution >= 0.6 is 38.9 Å². The van der Waals surface area contributed by atoms with Crippen LogP contribution in [-0.2, 0) is 11.2 Å². The molecule has 0 radical (unpaired) electrons. The highest BCUT2D eigenvalue weighted by Gasteiger charge is 2.06. The van der Waals surface area contributed by atoms with E-state index in [9.17, 15) is 4.79 Å². The molecule has 1 amide bonds. The Kier molecular flexibility index (Phi) is 4.15. The standard InChI is InChI=1S/C11H8BrClN2OS/c12-9-4-8(5-14-11(9)13)15-10(16)3-7-1-2-17-6-7/h1-2,4-6H,3H2,(H,15,16). The summed E-state index contributed by atoms with van der Waals surface area (Å²) in [5.41, 5.74) is 1.63. The van der Waals surface area contributed by atoms with Crippen molar-refractivity contribution in [3.05, 3.63) is 44.3 Å². The lowest BCUT2D eigenvalue weighted by Crippen LogP contribution is -2.14. The van der Waals surface area contributed by atoms with Crippen molar-refractivity contribution in [2.45, 2.75) is 6.42 Å². The van der Waals surface area contributed by atoms with Gasteiger partial charge in [-0.05, 0) is 44.4 Å². The van der Waals surface area contributed by atoms with E-state index in [0.717, 1.165) is 5.56 Å². The van der Waals surface area contributed by atoms with Crippen molar-refractivity contribution in [3.8, 4) is 0 Å². The maximum atomic E-state index is 11.7. The van der Waals surface area contributed by atoms with Gasteiger partial charge in [0.15, 0.2) is 0 Å². The highest BCUT2D eigenvalue weighted by atomic mass is 79.9. The van der Waals surface area contributed by atoms with Gasteiger partial charge in [-0.3, -0.25) is 4.79 Å². The van der Waals surface area contributed by atoms with Gasteiger partial charge in [-0.25, -0.2) is 4.98 Å². The van der Waals surface area contributed by atoms with Crippen molar-refractivity contribution in [2.24, 2.45) is 0 Å². The van der Waals surface area contributed by atoms with E-state index in [0.29, 0.717) is 21.7 Å². The fraction of sp³-hybridized carbons (Fsp3) is 0.0909. The Hall–Kier alpha value is -0.910. The summed E-state index contributed by atoms with van der Waals surface area (Å²) >= 11 is 10.6. The predicted molar refractivity (Wildman–Crippen MR) is 73.6 cm³/mol. The molecule has 2 aromatic rings. The first kappa shape index (κ1) is 12.5. The third kappa shape index (κ3) is 3.52. The summed E-state index contributed by atoms with van der Waals surface area (Å²) < 4.78 is 0.660. The molecule has 0 fully saturated rings. The molecule has 0 saturated heterocycles. The number of nitrogens with zero attached hydrogens (tertiary/aromatic N) is 1. The van der Waals surface area contributed by atoms with Gasteiger partial charge in [-0.15, -0.1) is 0 Å². The zero-order chi connectivity index (χ0) is 12.3. The van der Waals surface area contributed by atoms with Crippen molar-refractivity contribution >= 4 is 50.5 Å². The molecule has 2 heterocycles. The van der Waals surface area contributed by atoms with Crippen LogP contribution in [0.1, 0.15) is 5.56 Å². The van der Waals surface area contributed by atoms with Gasteiger partial charge in [-0.2, -0.15) is 11.3 Å². The quantitative estimate of drug-likeness (QED) is 0.871. The molecule has 0 atom stereocenters. The lowest BCUT2D eigenvalue weighted by Gasteiger charge is -2.05. The summed E-state index contributed by atoms with van der Waals surface area (Å²) in [5, 5.41) is 7.04. The molecule has 3 nitrogen and oxygen atoms in total. The number of nitrogens with one attached hydrogen (secondary N) is 1. The summed E-state index contributed by atoms with van der Waals surface area (Å²) in [5.74, 6) is -0.0700. The van der Waals surface area contributed by atoms with E-state index in [4.69, 9.17) is 11.6 Å². The van der Waals surface area contributed by atoms with Crippen molar-refractivity contribution < 1.29 is 4.79 Å². The maximum Gasteiger partial charge on any atom is 0.228 e. The van der Waals surface area contributed by atoms with E-state index < -0.39 is 0 Å². The van der Waals surface area contributed by atoms with Gasteiger partial charge in [0, 0.05) is 0 Å². The first-order valence-corrected chi connectivity index (χ1v) is 6.88. The Labute approximate surface area is 116 Å². The second-order valence-electron chi connectivity index (χ2n) is 3.35. The van der Waals surface area contributed by atoms with E-state index >= 15 is 0 Å². The van der Waals surface area contributed by atoms with Gasteiger partial charge in [-0.1, -0.05) is 11.6 Å². The molecule has 0 unspecified atom stereocenters. The minimum absolute atomic E-state index is 0.0700. The van der Waals surface area contributed by atoms with Gasteiger partial charge >= 0.3 is 0 Å². The molecule has 0 saturated carbocycles. The normalized spacial score (nSPS) is 10.2. The molecule has 0 bridgehead atoms. The number of rotatable bonds is 3. The van der Waals surface area contributed by atoms with Gasteiger partial charge in [0.25, 0.3) is 0 Å². The SMILES string of the molecule is O=C(Cc1ccsc1)Nc1cnc(Cl)c(Br)c1. The monoisotopic (exact) mass is 330 g/mol. The van der Waals surface area contributed by atoms with Crippen LogP contribution in [-0.4, -0.2) is 10.9 Å². The van der Waals surface area contributed by atoms with Crippen molar-refractivity contribution in [1.29, 1.82) is 0 Å². The Bertz CT molecular complexity index is 530. The zero-order valence-corrected chi connectivity index (χ0v) is 11.8. The Morgan fingerprint density at radius 1 is 1.59 bits per heavy atom. The fourth-order valence-corrected chi connectivity index (χ4v) is 2.39. The van der Waals surface area contributed by atoms with Crippen molar-refractivity contribution in [1.82, 2.24) is 4.98 Å². The van der Waals surface area contributed by atoms with Crippen molar-refractivity contribution in [3.63, 3.8) is 0 Å². The van der Waals surface area contributed by atoms with Crippen LogP contribution in [0.15, 0.2) is 33.6 Å². The van der Waals surface area contributed by atoms with Crippen LogP contribution in [0.2, 0.25) is 5.15 Å². The minimum atomic E-state index is -0.0700. The number of hydrogen-bond acceptors (Lipinski definition) is 3. The van der Waals surface area contributed by atoms with E-state index in [1.54, 1.807) is 17.4 Å². The van der Waals surface area contributed by atoms with E-state index in [1.165, 1.54) is 6.20 Å². The van der Waals surface area contributed by atoms with Crippen LogP contribution < -0.4 is 5.32 Å². The average molecular weight is 332 g/mol. The Morgan fingerprint density at radius 3 is 3.06 bits per heavy atom. The fourth-order valence-electron chi connectivity index (χ4n) is 1.27. The van der Waals surface area contributed by atoms with Gasteiger partial charge < -0.3 is 5.32 Å². The molecule has 0 aliphatic heterocycles. The lowest BCUT2D eigenvalue weighted by atomic mass is 10.2. The molecular formula is C11H8BrClN2OS. The molecular weight excluding hydrogens is 324 g/mol. The van der Waals surface area contributed by atoms with E-state index in [-0.39, 0.29) is 5.91 Å². The van der Waals surface area contributed by atoms with E-state index in [1.807, 2.05) is 16.8 Å². The third-order valence-corrected chi connectivity index (χ3v) is 3.89. The van der Waals surface area contributed by atoms with Crippen LogP contribution in [0.4, 0.5) is 5.69 Å². The molecule has 88 valence electrons. The molecule has 2 rings (SSSR count). The number of carbonyl (C=O) groups is 1.